The summed E-state index contributed by atoms with van der Waals surface area (Å²) in [4.78, 5) is 0. The van der Waals surface area contributed by atoms with Crippen LogP contribution in [-0.4, -0.2) is 0 Å². The smallest absolute Gasteiger partial charge is 0.0499 e. The number of rotatable bonds is 2. The van der Waals surface area contributed by atoms with Crippen molar-refractivity contribution in [3.63, 3.8) is 0 Å². The first-order chi connectivity index (χ1) is 8.11. The molecular weight excluding hydrogens is 295 g/mol. The van der Waals surface area contributed by atoms with Crippen molar-refractivity contribution in [2.45, 2.75) is 5.75 Å². The Morgan fingerprint density at radius 1 is 0.882 bits per heavy atom. The molecule has 0 bridgehead atoms. The largest absolute Gasteiger partial charge is 0.174 e. The number of benzene rings is 2. The van der Waals surface area contributed by atoms with Gasteiger partial charge in [0.2, 0.25) is 0 Å². The molecule has 0 spiro atoms. The second-order valence-electron chi connectivity index (χ2n) is 3.59. The molecule has 4 heteroatoms. The van der Waals surface area contributed by atoms with Gasteiger partial charge in [0, 0.05) is 26.4 Å². The van der Waals surface area contributed by atoms with Crippen molar-refractivity contribution in [3.8, 4) is 11.1 Å². The van der Waals surface area contributed by atoms with Crippen LogP contribution in [0.25, 0.3) is 11.1 Å². The van der Waals surface area contributed by atoms with E-state index in [0.717, 1.165) is 16.7 Å². The molecule has 0 atom stereocenters. The summed E-state index contributed by atoms with van der Waals surface area (Å²) in [5, 5.41) is 1.97. The van der Waals surface area contributed by atoms with Crippen molar-refractivity contribution in [3.05, 3.63) is 57.0 Å². The molecule has 2 rings (SSSR count). The molecule has 0 saturated heterocycles. The van der Waals surface area contributed by atoms with Gasteiger partial charge in [-0.25, -0.2) is 0 Å². The Morgan fingerprint density at radius 3 is 2.12 bits per heavy atom. The zero-order valence-electron chi connectivity index (χ0n) is 8.75. The van der Waals surface area contributed by atoms with E-state index >= 15 is 0 Å². The first kappa shape index (κ1) is 13.1. The van der Waals surface area contributed by atoms with Gasteiger partial charge in [-0.2, -0.15) is 12.6 Å². The zero-order valence-corrected chi connectivity index (χ0v) is 11.9. The van der Waals surface area contributed by atoms with Crippen LogP contribution < -0.4 is 0 Å². The third-order valence-corrected chi connectivity index (χ3v) is 3.72. The zero-order chi connectivity index (χ0) is 12.4. The standard InChI is InChI=1S/C13H9Cl3S/c14-10-3-1-8(2-4-10)11-5-9(7-17)12(15)6-13(11)16/h1-6,17H,7H2. The molecular formula is C13H9Cl3S. The fourth-order valence-electron chi connectivity index (χ4n) is 1.57. The quantitative estimate of drug-likeness (QED) is 0.672. The first-order valence-corrected chi connectivity index (χ1v) is 6.73. The number of hydrogen-bond donors (Lipinski definition) is 1. The van der Waals surface area contributed by atoms with E-state index in [-0.39, 0.29) is 0 Å². The molecule has 2 aromatic rings. The second-order valence-corrected chi connectivity index (χ2v) is 5.16. The summed E-state index contributed by atoms with van der Waals surface area (Å²) in [6, 6.07) is 11.2. The van der Waals surface area contributed by atoms with Crippen LogP contribution in [0.4, 0.5) is 0 Å². The normalized spacial score (nSPS) is 10.6. The monoisotopic (exact) mass is 302 g/mol. The summed E-state index contributed by atoms with van der Waals surface area (Å²) in [5.74, 6) is 0.580. The van der Waals surface area contributed by atoms with E-state index < -0.39 is 0 Å². The lowest BCUT2D eigenvalue weighted by atomic mass is 10.0. The average Bonchev–Trinajstić information content (AvgIpc) is 2.31. The van der Waals surface area contributed by atoms with Crippen LogP contribution in [0.15, 0.2) is 36.4 Å². The van der Waals surface area contributed by atoms with Crippen LogP contribution >= 0.6 is 47.4 Å². The SMILES string of the molecule is SCc1cc(-c2ccc(Cl)cc2)c(Cl)cc1Cl. The molecule has 0 aromatic heterocycles. The van der Waals surface area contributed by atoms with Gasteiger partial charge in [0.25, 0.3) is 0 Å². The van der Waals surface area contributed by atoms with Crippen molar-refractivity contribution in [2.24, 2.45) is 0 Å². The Labute approximate surface area is 121 Å². The van der Waals surface area contributed by atoms with Crippen molar-refractivity contribution in [1.29, 1.82) is 0 Å². The molecule has 0 nitrogen and oxygen atoms in total. The molecule has 0 saturated carbocycles. The Balaban J connectivity index is 2.55. The molecule has 0 radical (unpaired) electrons. The minimum absolute atomic E-state index is 0.580. The topological polar surface area (TPSA) is 0 Å². The maximum absolute atomic E-state index is 6.19. The van der Waals surface area contributed by atoms with E-state index in [0.29, 0.717) is 20.8 Å². The number of thiol groups is 1. The average molecular weight is 304 g/mol. The molecule has 88 valence electrons. The maximum Gasteiger partial charge on any atom is 0.0499 e. The molecule has 0 N–H and O–H groups in total. The summed E-state index contributed by atoms with van der Waals surface area (Å²) >= 11 is 22.3. The van der Waals surface area contributed by atoms with E-state index in [1.807, 2.05) is 30.3 Å². The molecule has 0 aliphatic rings. The van der Waals surface area contributed by atoms with Gasteiger partial charge in [-0.15, -0.1) is 0 Å². The van der Waals surface area contributed by atoms with Crippen LogP contribution in [0.2, 0.25) is 15.1 Å². The third kappa shape index (κ3) is 2.92. The Morgan fingerprint density at radius 2 is 1.53 bits per heavy atom. The number of halogens is 3. The van der Waals surface area contributed by atoms with E-state index in [2.05, 4.69) is 12.6 Å². The van der Waals surface area contributed by atoms with Gasteiger partial charge in [-0.3, -0.25) is 0 Å². The summed E-state index contributed by atoms with van der Waals surface area (Å²) < 4.78 is 0. The minimum atomic E-state index is 0.580. The Hall–Kier alpha value is -0.340. The highest BCUT2D eigenvalue weighted by Gasteiger charge is 2.08. The predicted molar refractivity (Wildman–Crippen MR) is 79.6 cm³/mol. The first-order valence-electron chi connectivity index (χ1n) is 4.96. The summed E-state index contributed by atoms with van der Waals surface area (Å²) in [5.41, 5.74) is 2.92. The lowest BCUT2D eigenvalue weighted by molar-refractivity contribution is 1.42. The molecule has 0 aliphatic carbocycles. The van der Waals surface area contributed by atoms with E-state index in [9.17, 15) is 0 Å². The summed E-state index contributed by atoms with van der Waals surface area (Å²) in [6.07, 6.45) is 0. The second kappa shape index (κ2) is 5.53. The Kier molecular flexibility index (Phi) is 4.26. The van der Waals surface area contributed by atoms with Crippen LogP contribution in [0.1, 0.15) is 5.56 Å². The van der Waals surface area contributed by atoms with Crippen molar-refractivity contribution >= 4 is 47.4 Å². The third-order valence-electron chi connectivity index (χ3n) is 2.46. The van der Waals surface area contributed by atoms with Crippen LogP contribution in [0.3, 0.4) is 0 Å². The molecule has 0 amide bonds. The van der Waals surface area contributed by atoms with Gasteiger partial charge in [-0.1, -0.05) is 46.9 Å². The van der Waals surface area contributed by atoms with Crippen molar-refractivity contribution < 1.29 is 0 Å². The highest BCUT2D eigenvalue weighted by molar-refractivity contribution is 7.79. The van der Waals surface area contributed by atoms with Gasteiger partial charge in [0.05, 0.1) is 0 Å². The molecule has 17 heavy (non-hydrogen) atoms. The summed E-state index contributed by atoms with van der Waals surface area (Å²) in [7, 11) is 0. The van der Waals surface area contributed by atoms with Gasteiger partial charge in [-0.05, 0) is 35.4 Å². The molecule has 0 fully saturated rings. The van der Waals surface area contributed by atoms with Gasteiger partial charge in [0.15, 0.2) is 0 Å². The lowest BCUT2D eigenvalue weighted by Gasteiger charge is -2.09. The summed E-state index contributed by atoms with van der Waals surface area (Å²) in [6.45, 7) is 0. The fraction of sp³-hybridized carbons (Fsp3) is 0.0769. The predicted octanol–water partition coefficient (Wildman–Crippen LogP) is 5.74. The van der Waals surface area contributed by atoms with Gasteiger partial charge < -0.3 is 0 Å². The molecule has 0 heterocycles. The fourth-order valence-corrected chi connectivity index (χ4v) is 2.61. The molecule has 2 aromatic carbocycles. The highest BCUT2D eigenvalue weighted by atomic mass is 35.5. The number of hydrogen-bond acceptors (Lipinski definition) is 1. The van der Waals surface area contributed by atoms with E-state index in [1.54, 1.807) is 6.07 Å². The maximum atomic E-state index is 6.19. The van der Waals surface area contributed by atoms with Crippen molar-refractivity contribution in [1.82, 2.24) is 0 Å². The highest BCUT2D eigenvalue weighted by Crippen LogP contribution is 2.33. The Bertz CT molecular complexity index is 535. The van der Waals surface area contributed by atoms with Crippen LogP contribution in [0, 0.1) is 0 Å². The molecule has 0 aliphatic heterocycles. The van der Waals surface area contributed by atoms with Crippen molar-refractivity contribution in [2.75, 3.05) is 0 Å². The van der Waals surface area contributed by atoms with Gasteiger partial charge in [0.1, 0.15) is 0 Å². The molecule has 0 unspecified atom stereocenters. The van der Waals surface area contributed by atoms with Gasteiger partial charge >= 0.3 is 0 Å². The minimum Gasteiger partial charge on any atom is -0.174 e. The van der Waals surface area contributed by atoms with Crippen LogP contribution in [-0.2, 0) is 5.75 Å². The van der Waals surface area contributed by atoms with E-state index in [4.69, 9.17) is 34.8 Å². The van der Waals surface area contributed by atoms with E-state index in [1.165, 1.54) is 0 Å². The van der Waals surface area contributed by atoms with Crippen LogP contribution in [0.5, 0.6) is 0 Å². The lowest BCUT2D eigenvalue weighted by Crippen LogP contribution is -1.86.